The third-order valence-corrected chi connectivity index (χ3v) is 2.54. The second-order valence-corrected chi connectivity index (χ2v) is 3.48. The smallest absolute Gasteiger partial charge is 0.336 e. The van der Waals surface area contributed by atoms with Gasteiger partial charge >= 0.3 is 5.97 Å². The Balaban J connectivity index is 1.85. The molecule has 68 valence electrons. The minimum atomic E-state index is -0.402. The van der Waals surface area contributed by atoms with Gasteiger partial charge in [-0.3, -0.25) is 0 Å². The molecule has 0 aromatic rings. The number of ether oxygens (including phenoxy) is 2. The maximum Gasteiger partial charge on any atom is 0.336 e. The molecular weight excluding hydrogens is 158 g/mol. The molecule has 12 heavy (non-hydrogen) atoms. The van der Waals surface area contributed by atoms with Crippen LogP contribution in [-0.2, 0) is 14.3 Å². The van der Waals surface area contributed by atoms with Crippen molar-refractivity contribution in [2.45, 2.75) is 24.5 Å². The summed E-state index contributed by atoms with van der Waals surface area (Å²) >= 11 is 0. The van der Waals surface area contributed by atoms with Crippen molar-refractivity contribution in [3.8, 4) is 0 Å². The largest absolute Gasteiger partial charge is 0.467 e. The van der Waals surface area contributed by atoms with Gasteiger partial charge in [-0.15, -0.1) is 0 Å². The van der Waals surface area contributed by atoms with Gasteiger partial charge in [-0.05, 0) is 12.8 Å². The molecule has 1 aliphatic carbocycles. The molecule has 1 spiro atoms. The molecular formula is C8H13NO3. The number of carbonyl (C=O) groups is 1. The van der Waals surface area contributed by atoms with Gasteiger partial charge in [0.25, 0.3) is 0 Å². The van der Waals surface area contributed by atoms with E-state index in [4.69, 9.17) is 4.74 Å². The van der Waals surface area contributed by atoms with Crippen molar-refractivity contribution in [2.75, 3.05) is 20.3 Å². The molecule has 1 unspecified atom stereocenters. The molecule has 1 N–H and O–H groups in total. The molecule has 0 radical (unpaired) electrons. The lowest BCUT2D eigenvalue weighted by atomic mass is 10.2. The average molecular weight is 171 g/mol. The summed E-state index contributed by atoms with van der Waals surface area (Å²) in [7, 11) is 1.38. The molecule has 0 amide bonds. The second kappa shape index (κ2) is 2.71. The zero-order valence-electron chi connectivity index (χ0n) is 7.13. The van der Waals surface area contributed by atoms with E-state index in [1.807, 2.05) is 0 Å². The average Bonchev–Trinajstić information content (AvgIpc) is 2.85. The minimum absolute atomic E-state index is 0.213. The summed E-state index contributed by atoms with van der Waals surface area (Å²) in [5.41, 5.74) is 0.213. The Hall–Kier alpha value is -0.610. The topological polar surface area (TPSA) is 47.6 Å². The van der Waals surface area contributed by atoms with Gasteiger partial charge in [-0.25, -0.2) is 4.79 Å². The summed E-state index contributed by atoms with van der Waals surface area (Å²) in [4.78, 5) is 11.0. The van der Waals surface area contributed by atoms with Gasteiger partial charge in [-0.2, -0.15) is 0 Å². The summed E-state index contributed by atoms with van der Waals surface area (Å²) in [6.07, 6.45) is 1.93. The molecule has 2 fully saturated rings. The van der Waals surface area contributed by atoms with Crippen LogP contribution in [0, 0.1) is 0 Å². The third-order valence-electron chi connectivity index (χ3n) is 2.54. The van der Waals surface area contributed by atoms with Gasteiger partial charge in [-0.1, -0.05) is 0 Å². The molecule has 1 aliphatic heterocycles. The predicted molar refractivity (Wildman–Crippen MR) is 41.7 cm³/mol. The molecule has 0 aromatic carbocycles. The number of esters is 1. The number of morpholine rings is 1. The van der Waals surface area contributed by atoms with E-state index >= 15 is 0 Å². The van der Waals surface area contributed by atoms with Crippen molar-refractivity contribution >= 4 is 5.97 Å². The first kappa shape index (κ1) is 8.01. The first-order valence-corrected chi connectivity index (χ1v) is 4.20. The van der Waals surface area contributed by atoms with Crippen LogP contribution in [0.15, 0.2) is 0 Å². The van der Waals surface area contributed by atoms with Gasteiger partial charge in [0.1, 0.15) is 0 Å². The zero-order valence-corrected chi connectivity index (χ0v) is 7.13. The van der Waals surface area contributed by atoms with Crippen LogP contribution in [0.1, 0.15) is 12.8 Å². The van der Waals surface area contributed by atoms with Crippen LogP contribution < -0.4 is 5.32 Å². The van der Waals surface area contributed by atoms with Crippen LogP contribution in [0.4, 0.5) is 0 Å². The van der Waals surface area contributed by atoms with Crippen molar-refractivity contribution in [3.05, 3.63) is 0 Å². The first-order valence-electron chi connectivity index (χ1n) is 4.20. The van der Waals surface area contributed by atoms with Crippen LogP contribution in [0.2, 0.25) is 0 Å². The van der Waals surface area contributed by atoms with Crippen LogP contribution >= 0.6 is 0 Å². The molecule has 1 saturated carbocycles. The van der Waals surface area contributed by atoms with Crippen molar-refractivity contribution in [1.29, 1.82) is 0 Å². The molecule has 4 nitrogen and oxygen atoms in total. The number of carbonyl (C=O) groups excluding carboxylic acids is 1. The van der Waals surface area contributed by atoms with Crippen LogP contribution in [0.25, 0.3) is 0 Å². The number of rotatable bonds is 1. The Morgan fingerprint density at radius 3 is 2.83 bits per heavy atom. The number of nitrogens with one attached hydrogen (secondary N) is 1. The lowest BCUT2D eigenvalue weighted by Gasteiger charge is -2.28. The standard InChI is InChI=1S/C8H13NO3/c1-11-7(10)6-4-9-8(2-3-8)5-12-6/h6,9H,2-5H2,1H3. The Morgan fingerprint density at radius 1 is 1.67 bits per heavy atom. The van der Waals surface area contributed by atoms with Gasteiger partial charge in [0.05, 0.1) is 13.7 Å². The molecule has 0 aromatic heterocycles. The van der Waals surface area contributed by atoms with Crippen molar-refractivity contribution in [2.24, 2.45) is 0 Å². The maximum atomic E-state index is 11.0. The third kappa shape index (κ3) is 1.32. The summed E-state index contributed by atoms with van der Waals surface area (Å²) < 4.78 is 9.95. The van der Waals surface area contributed by atoms with Crippen molar-refractivity contribution < 1.29 is 14.3 Å². The summed E-state index contributed by atoms with van der Waals surface area (Å²) in [5, 5.41) is 3.31. The van der Waals surface area contributed by atoms with Crippen molar-refractivity contribution in [1.82, 2.24) is 5.32 Å². The molecule has 4 heteroatoms. The highest BCUT2D eigenvalue weighted by atomic mass is 16.6. The highest BCUT2D eigenvalue weighted by Crippen LogP contribution is 2.37. The SMILES string of the molecule is COC(=O)C1CNC2(CC2)CO1. The Morgan fingerprint density at radius 2 is 2.42 bits per heavy atom. The van der Waals surface area contributed by atoms with Gasteiger partial charge < -0.3 is 14.8 Å². The van der Waals surface area contributed by atoms with Crippen LogP contribution in [-0.4, -0.2) is 37.9 Å². The fraction of sp³-hybridized carbons (Fsp3) is 0.875. The quantitative estimate of drug-likeness (QED) is 0.549. The number of hydrogen-bond donors (Lipinski definition) is 1. The molecule has 1 saturated heterocycles. The predicted octanol–water partition coefficient (Wildman–Crippen LogP) is -0.320. The van der Waals surface area contributed by atoms with Gasteiger partial charge in [0, 0.05) is 12.1 Å². The number of hydrogen-bond acceptors (Lipinski definition) is 4. The highest BCUT2D eigenvalue weighted by molar-refractivity contribution is 5.75. The lowest BCUT2D eigenvalue weighted by molar-refractivity contribution is -0.157. The Kier molecular flexibility index (Phi) is 1.81. The summed E-state index contributed by atoms with van der Waals surface area (Å²) in [6, 6.07) is 0. The maximum absolute atomic E-state index is 11.0. The molecule has 1 atom stereocenters. The van der Waals surface area contributed by atoms with E-state index in [2.05, 4.69) is 10.1 Å². The minimum Gasteiger partial charge on any atom is -0.467 e. The molecule has 2 aliphatic rings. The monoisotopic (exact) mass is 171 g/mol. The van der Waals surface area contributed by atoms with Crippen molar-refractivity contribution in [3.63, 3.8) is 0 Å². The fourth-order valence-corrected chi connectivity index (χ4v) is 1.43. The van der Waals surface area contributed by atoms with E-state index in [9.17, 15) is 4.79 Å². The normalized spacial score (nSPS) is 31.6. The van der Waals surface area contributed by atoms with Gasteiger partial charge in [0.2, 0.25) is 0 Å². The van der Waals surface area contributed by atoms with E-state index in [1.165, 1.54) is 20.0 Å². The van der Waals surface area contributed by atoms with E-state index in [0.29, 0.717) is 13.2 Å². The zero-order chi connectivity index (χ0) is 8.60. The molecule has 1 heterocycles. The van der Waals surface area contributed by atoms with E-state index < -0.39 is 6.10 Å². The first-order chi connectivity index (χ1) is 5.76. The molecule has 2 rings (SSSR count). The van der Waals surface area contributed by atoms with Crippen LogP contribution in [0.5, 0.6) is 0 Å². The van der Waals surface area contributed by atoms with Gasteiger partial charge in [0.15, 0.2) is 6.10 Å². The van der Waals surface area contributed by atoms with Crippen LogP contribution in [0.3, 0.4) is 0 Å². The Labute approximate surface area is 71.2 Å². The Bertz CT molecular complexity index is 190. The fourth-order valence-electron chi connectivity index (χ4n) is 1.43. The van der Waals surface area contributed by atoms with E-state index in [1.54, 1.807) is 0 Å². The highest BCUT2D eigenvalue weighted by Gasteiger charge is 2.47. The molecule has 0 bridgehead atoms. The second-order valence-electron chi connectivity index (χ2n) is 3.48. The summed E-state index contributed by atoms with van der Waals surface area (Å²) in [5.74, 6) is -0.280. The number of methoxy groups -OCH3 is 1. The van der Waals surface area contributed by atoms with E-state index in [0.717, 1.165) is 0 Å². The lowest BCUT2D eigenvalue weighted by Crippen LogP contribution is -2.51. The van der Waals surface area contributed by atoms with E-state index in [-0.39, 0.29) is 11.5 Å². The summed E-state index contributed by atoms with van der Waals surface area (Å²) in [6.45, 7) is 1.24.